The fourth-order valence-corrected chi connectivity index (χ4v) is 4.23. The monoisotopic (exact) mass is 336 g/mol. The van der Waals surface area contributed by atoms with Crippen molar-refractivity contribution >= 4 is 48.7 Å². The van der Waals surface area contributed by atoms with Crippen LogP contribution in [0.1, 0.15) is 6.92 Å². The van der Waals surface area contributed by atoms with Crippen molar-refractivity contribution in [3.05, 3.63) is 16.2 Å². The molecule has 0 amide bonds. The number of aromatic nitrogens is 3. The molecule has 0 aliphatic carbocycles. The first-order valence-corrected chi connectivity index (χ1v) is 8.21. The summed E-state index contributed by atoms with van der Waals surface area (Å²) in [5, 5.41) is 20.5. The molecule has 0 bridgehead atoms. The first-order chi connectivity index (χ1) is 9.44. The van der Waals surface area contributed by atoms with E-state index in [1.54, 1.807) is 6.92 Å². The van der Waals surface area contributed by atoms with Crippen molar-refractivity contribution in [1.82, 2.24) is 14.8 Å². The summed E-state index contributed by atoms with van der Waals surface area (Å²) in [4.78, 5) is 10.2. The lowest BCUT2D eigenvalue weighted by Crippen LogP contribution is -2.11. The molecule has 0 fully saturated rings. The van der Waals surface area contributed by atoms with Crippen molar-refractivity contribution in [3.63, 3.8) is 0 Å². The van der Waals surface area contributed by atoms with E-state index in [0.717, 1.165) is 28.9 Å². The molecule has 108 valence electrons. The molecule has 13 heteroatoms. The summed E-state index contributed by atoms with van der Waals surface area (Å²) in [7, 11) is -3.94. The molecule has 0 unspecified atom stereocenters. The normalized spacial score (nSPS) is 11.2. The topological polar surface area (TPSA) is 140 Å². The Morgan fingerprint density at radius 1 is 1.50 bits per heavy atom. The number of rotatable bonds is 6. The van der Waals surface area contributed by atoms with Crippen LogP contribution in [-0.4, -0.2) is 34.7 Å². The van der Waals surface area contributed by atoms with Crippen molar-refractivity contribution in [1.29, 1.82) is 0 Å². The van der Waals surface area contributed by atoms with Gasteiger partial charge in [-0.2, -0.15) is 0 Å². The van der Waals surface area contributed by atoms with E-state index < -0.39 is 14.9 Å². The largest absolute Gasteiger partial charge is 0.372 e. The van der Waals surface area contributed by atoms with Crippen LogP contribution in [0, 0.1) is 10.1 Å². The molecule has 2 N–H and O–H groups in total. The second-order valence-electron chi connectivity index (χ2n) is 3.34. The number of nitrogens with zero attached hydrogens (tertiary/aromatic N) is 4. The zero-order chi connectivity index (χ0) is 14.8. The summed E-state index contributed by atoms with van der Waals surface area (Å²) in [5.41, 5.74) is -0.285. The van der Waals surface area contributed by atoms with Gasteiger partial charge in [0.1, 0.15) is 4.21 Å². The molecule has 0 radical (unpaired) electrons. The standard InChI is InChI=1S/C7H8N6O4S3/c1-2-8-6-4(13(14)15)3-5(18-6)20(16,17)10-7-9-11-12-19-7/h3,8H,2H2,1H3,(H,9,10,12). The highest BCUT2D eigenvalue weighted by atomic mass is 32.2. The molecule has 2 aromatic rings. The van der Waals surface area contributed by atoms with Gasteiger partial charge in [0, 0.05) is 24.1 Å². The van der Waals surface area contributed by atoms with Gasteiger partial charge in [-0.15, -0.1) is 0 Å². The van der Waals surface area contributed by atoms with E-state index in [2.05, 4.69) is 24.8 Å². The van der Waals surface area contributed by atoms with Crippen molar-refractivity contribution in [2.75, 3.05) is 16.6 Å². The van der Waals surface area contributed by atoms with Crippen LogP contribution in [0.3, 0.4) is 0 Å². The Bertz CT molecular complexity index is 709. The Morgan fingerprint density at radius 2 is 2.25 bits per heavy atom. The number of nitrogens with one attached hydrogen (secondary N) is 2. The van der Waals surface area contributed by atoms with Crippen LogP contribution in [-0.2, 0) is 10.0 Å². The summed E-state index contributed by atoms with van der Waals surface area (Å²) in [5.74, 6) is 0. The minimum atomic E-state index is -3.94. The van der Waals surface area contributed by atoms with Gasteiger partial charge in [-0.25, -0.2) is 8.42 Å². The van der Waals surface area contributed by atoms with Crippen LogP contribution in [0.25, 0.3) is 0 Å². The van der Waals surface area contributed by atoms with Gasteiger partial charge in [0.25, 0.3) is 10.0 Å². The second kappa shape index (κ2) is 5.64. The van der Waals surface area contributed by atoms with Crippen LogP contribution in [0.5, 0.6) is 0 Å². The van der Waals surface area contributed by atoms with E-state index >= 15 is 0 Å². The average Bonchev–Trinajstić information content (AvgIpc) is 2.98. The second-order valence-corrected chi connectivity index (χ2v) is 7.03. The smallest absolute Gasteiger partial charge is 0.304 e. The molecule has 2 aromatic heterocycles. The Labute approximate surface area is 121 Å². The number of nitro groups is 1. The number of anilines is 2. The molecule has 0 aliphatic heterocycles. The summed E-state index contributed by atoms with van der Waals surface area (Å²) in [6.07, 6.45) is 0. The molecule has 20 heavy (non-hydrogen) atoms. The van der Waals surface area contributed by atoms with E-state index in [-0.39, 0.29) is 20.0 Å². The summed E-state index contributed by atoms with van der Waals surface area (Å²) < 4.78 is 29.5. The molecule has 0 saturated heterocycles. The van der Waals surface area contributed by atoms with Crippen LogP contribution in [0.2, 0.25) is 0 Å². The quantitative estimate of drug-likeness (QED) is 0.591. The van der Waals surface area contributed by atoms with E-state index in [1.165, 1.54) is 0 Å². The van der Waals surface area contributed by atoms with Gasteiger partial charge in [0.2, 0.25) is 5.13 Å². The molecule has 2 heterocycles. The Kier molecular flexibility index (Phi) is 4.10. The highest BCUT2D eigenvalue weighted by molar-refractivity contribution is 7.95. The maximum absolute atomic E-state index is 12.1. The zero-order valence-electron chi connectivity index (χ0n) is 9.93. The molecular weight excluding hydrogens is 328 g/mol. The van der Waals surface area contributed by atoms with Crippen LogP contribution in [0.4, 0.5) is 15.8 Å². The van der Waals surface area contributed by atoms with Crippen LogP contribution < -0.4 is 10.0 Å². The van der Waals surface area contributed by atoms with E-state index in [4.69, 9.17) is 0 Å². The van der Waals surface area contributed by atoms with Gasteiger partial charge in [0.05, 0.1) is 4.92 Å². The molecule has 0 saturated carbocycles. The lowest BCUT2D eigenvalue weighted by atomic mass is 10.5. The van der Waals surface area contributed by atoms with Gasteiger partial charge in [-0.1, -0.05) is 20.9 Å². The highest BCUT2D eigenvalue weighted by Gasteiger charge is 2.26. The van der Waals surface area contributed by atoms with Gasteiger partial charge < -0.3 is 5.32 Å². The number of sulfonamides is 1. The summed E-state index contributed by atoms with van der Waals surface area (Å²) in [6, 6.07) is 0.999. The molecule has 0 aromatic carbocycles. The highest BCUT2D eigenvalue weighted by Crippen LogP contribution is 2.37. The predicted molar refractivity (Wildman–Crippen MR) is 73.6 cm³/mol. The van der Waals surface area contributed by atoms with Gasteiger partial charge in [0.15, 0.2) is 5.00 Å². The van der Waals surface area contributed by atoms with Gasteiger partial charge >= 0.3 is 5.69 Å². The Balaban J connectivity index is 2.36. The van der Waals surface area contributed by atoms with Crippen LogP contribution in [0.15, 0.2) is 10.3 Å². The van der Waals surface area contributed by atoms with Crippen molar-refractivity contribution in [2.24, 2.45) is 0 Å². The maximum atomic E-state index is 12.1. The Morgan fingerprint density at radius 3 is 2.80 bits per heavy atom. The fourth-order valence-electron chi connectivity index (χ4n) is 1.25. The molecule has 10 nitrogen and oxygen atoms in total. The summed E-state index contributed by atoms with van der Waals surface area (Å²) in [6.45, 7) is 2.19. The zero-order valence-corrected chi connectivity index (χ0v) is 12.4. The SMILES string of the molecule is CCNc1sc(S(=O)(=O)Nc2nnns2)cc1[N+](=O)[O-]. The number of hydrogen-bond acceptors (Lipinski definition) is 10. The summed E-state index contributed by atoms with van der Waals surface area (Å²) >= 11 is 1.54. The minimum Gasteiger partial charge on any atom is -0.372 e. The van der Waals surface area contributed by atoms with E-state index in [0.29, 0.717) is 6.54 Å². The maximum Gasteiger partial charge on any atom is 0.304 e. The lowest BCUT2D eigenvalue weighted by molar-refractivity contribution is -0.383. The van der Waals surface area contributed by atoms with Gasteiger partial charge in [-0.3, -0.25) is 14.8 Å². The molecule has 2 rings (SSSR count). The van der Waals surface area contributed by atoms with E-state index in [1.807, 2.05) is 0 Å². The molecule has 0 spiro atoms. The fraction of sp³-hybridized carbons (Fsp3) is 0.286. The van der Waals surface area contributed by atoms with Crippen molar-refractivity contribution in [3.8, 4) is 0 Å². The predicted octanol–water partition coefficient (Wildman–Crippen LogP) is 1.14. The third-order valence-electron chi connectivity index (χ3n) is 2.01. The molecule has 0 atom stereocenters. The third-order valence-corrected chi connectivity index (χ3v) is 5.54. The van der Waals surface area contributed by atoms with Gasteiger partial charge in [-0.05, 0) is 12.1 Å². The molecule has 0 aliphatic rings. The molecular formula is C7H8N6O4S3. The minimum absolute atomic E-state index is 0.00828. The number of thiophene rings is 1. The first kappa shape index (κ1) is 14.5. The first-order valence-electron chi connectivity index (χ1n) is 5.14. The van der Waals surface area contributed by atoms with E-state index in [9.17, 15) is 18.5 Å². The lowest BCUT2D eigenvalue weighted by Gasteiger charge is -2.00. The van der Waals surface area contributed by atoms with Crippen LogP contribution >= 0.6 is 22.9 Å². The Hall–Kier alpha value is -1.86. The third kappa shape index (κ3) is 3.00. The van der Waals surface area contributed by atoms with Crippen molar-refractivity contribution in [2.45, 2.75) is 11.1 Å². The average molecular weight is 336 g/mol. The number of hydrogen-bond donors (Lipinski definition) is 2. The van der Waals surface area contributed by atoms with Crippen molar-refractivity contribution < 1.29 is 13.3 Å².